The van der Waals surface area contributed by atoms with Crippen LogP contribution in [0.4, 0.5) is 18.9 Å². The van der Waals surface area contributed by atoms with Crippen LogP contribution in [0.3, 0.4) is 0 Å². The average Bonchev–Trinajstić information content (AvgIpc) is 2.48. The molecular weight excluding hydrogens is 343 g/mol. The normalized spacial score (nSPS) is 12.0. The molecule has 8 heteroatoms. The average molecular weight is 359 g/mol. The van der Waals surface area contributed by atoms with Crippen LogP contribution in [0.5, 0.6) is 5.75 Å². The number of halogens is 3. The summed E-state index contributed by atoms with van der Waals surface area (Å²) in [6.07, 6.45) is -4.66. The molecule has 0 aliphatic rings. The van der Waals surface area contributed by atoms with Gasteiger partial charge < -0.3 is 4.74 Å². The highest BCUT2D eigenvalue weighted by Gasteiger charge is 2.34. The molecule has 0 unspecified atom stereocenters. The number of ether oxygens (including phenoxy) is 1. The maximum absolute atomic E-state index is 13.0. The highest BCUT2D eigenvalue weighted by molar-refractivity contribution is 7.92. The molecule has 0 fully saturated rings. The minimum atomic E-state index is -4.66. The van der Waals surface area contributed by atoms with Gasteiger partial charge in [-0.3, -0.25) is 4.72 Å². The number of benzene rings is 2. The number of aryl methyl sites for hydroxylation is 1. The molecule has 0 radical (unpaired) electrons. The van der Waals surface area contributed by atoms with Gasteiger partial charge in [0.2, 0.25) is 0 Å². The zero-order valence-corrected chi connectivity index (χ0v) is 13.8. The van der Waals surface area contributed by atoms with Crippen molar-refractivity contribution in [2.75, 3.05) is 11.3 Å². The number of rotatable bonds is 5. The molecule has 1 N–H and O–H groups in total. The van der Waals surface area contributed by atoms with Crippen molar-refractivity contribution >= 4 is 15.7 Å². The lowest BCUT2D eigenvalue weighted by atomic mass is 10.2. The summed E-state index contributed by atoms with van der Waals surface area (Å²) in [7, 11) is -4.16. The Kier molecular flexibility index (Phi) is 5.08. The molecule has 0 aromatic heterocycles. The molecule has 130 valence electrons. The number of hydrogen-bond acceptors (Lipinski definition) is 3. The smallest absolute Gasteiger partial charge is 0.418 e. The SMILES string of the molecule is CCOc1ccc(S(=O)(=O)Nc2ccccc2C(F)(F)F)cc1C. The second-order valence-corrected chi connectivity index (χ2v) is 6.69. The van der Waals surface area contributed by atoms with E-state index in [-0.39, 0.29) is 4.90 Å². The molecular formula is C16H16F3NO3S. The molecule has 0 saturated carbocycles. The lowest BCUT2D eigenvalue weighted by Gasteiger charge is -2.15. The minimum absolute atomic E-state index is 0.138. The number of para-hydroxylation sites is 1. The first-order valence-electron chi connectivity index (χ1n) is 7.07. The van der Waals surface area contributed by atoms with E-state index >= 15 is 0 Å². The van der Waals surface area contributed by atoms with Crippen LogP contribution in [-0.2, 0) is 16.2 Å². The van der Waals surface area contributed by atoms with Gasteiger partial charge in [-0.25, -0.2) is 8.42 Å². The van der Waals surface area contributed by atoms with E-state index in [2.05, 4.69) is 0 Å². The lowest BCUT2D eigenvalue weighted by Crippen LogP contribution is -2.17. The van der Waals surface area contributed by atoms with E-state index in [1.807, 2.05) is 4.72 Å². The quantitative estimate of drug-likeness (QED) is 0.870. The van der Waals surface area contributed by atoms with Gasteiger partial charge in [-0.05, 0) is 49.7 Å². The first kappa shape index (κ1) is 18.1. The van der Waals surface area contributed by atoms with E-state index in [0.29, 0.717) is 17.9 Å². The summed E-state index contributed by atoms with van der Waals surface area (Å²) in [4.78, 5) is -0.138. The molecule has 0 aliphatic heterocycles. The molecule has 24 heavy (non-hydrogen) atoms. The predicted molar refractivity (Wildman–Crippen MR) is 84.6 cm³/mol. The largest absolute Gasteiger partial charge is 0.494 e. The molecule has 0 amide bonds. The zero-order valence-electron chi connectivity index (χ0n) is 13.0. The number of nitrogens with one attached hydrogen (secondary N) is 1. The van der Waals surface area contributed by atoms with E-state index in [4.69, 9.17) is 4.74 Å². The summed E-state index contributed by atoms with van der Waals surface area (Å²) in [5.41, 5.74) is -0.989. The van der Waals surface area contributed by atoms with Gasteiger partial charge in [-0.15, -0.1) is 0 Å². The molecule has 0 heterocycles. The first-order chi connectivity index (χ1) is 11.1. The maximum Gasteiger partial charge on any atom is 0.418 e. The van der Waals surface area contributed by atoms with Crippen molar-refractivity contribution < 1.29 is 26.3 Å². The van der Waals surface area contributed by atoms with Crippen LogP contribution in [0, 0.1) is 6.92 Å². The van der Waals surface area contributed by atoms with Crippen molar-refractivity contribution in [2.45, 2.75) is 24.9 Å². The molecule has 2 aromatic rings. The number of sulfonamides is 1. The third kappa shape index (κ3) is 4.00. The fourth-order valence-corrected chi connectivity index (χ4v) is 3.29. The summed E-state index contributed by atoms with van der Waals surface area (Å²) in [6, 6.07) is 8.53. The Balaban J connectivity index is 2.38. The van der Waals surface area contributed by atoms with Crippen LogP contribution in [0.25, 0.3) is 0 Å². The van der Waals surface area contributed by atoms with Gasteiger partial charge in [0.1, 0.15) is 5.75 Å². The number of anilines is 1. The molecule has 4 nitrogen and oxygen atoms in total. The van der Waals surface area contributed by atoms with Crippen molar-refractivity contribution in [1.29, 1.82) is 0 Å². The third-order valence-corrected chi connectivity index (χ3v) is 4.60. The highest BCUT2D eigenvalue weighted by Crippen LogP contribution is 2.35. The standard InChI is InChI=1S/C16H16F3NO3S/c1-3-23-15-9-8-12(10-11(15)2)24(21,22)20-14-7-5-4-6-13(14)16(17,18)19/h4-10,20H,3H2,1-2H3. The van der Waals surface area contributed by atoms with Crippen LogP contribution < -0.4 is 9.46 Å². The van der Waals surface area contributed by atoms with Gasteiger partial charge in [-0.1, -0.05) is 12.1 Å². The Labute approximate surface area is 138 Å². The lowest BCUT2D eigenvalue weighted by molar-refractivity contribution is -0.136. The predicted octanol–water partition coefficient (Wildman–Crippen LogP) is 4.21. The second kappa shape index (κ2) is 6.72. The van der Waals surface area contributed by atoms with Gasteiger partial charge in [-0.2, -0.15) is 13.2 Å². The molecule has 0 spiro atoms. The fraction of sp³-hybridized carbons (Fsp3) is 0.250. The molecule has 0 aliphatic carbocycles. The minimum Gasteiger partial charge on any atom is -0.494 e. The number of hydrogen-bond donors (Lipinski definition) is 1. The summed E-state index contributed by atoms with van der Waals surface area (Å²) in [5, 5.41) is 0. The van der Waals surface area contributed by atoms with Gasteiger partial charge in [0.05, 0.1) is 22.8 Å². The first-order valence-corrected chi connectivity index (χ1v) is 8.56. The second-order valence-electron chi connectivity index (χ2n) is 5.01. The van der Waals surface area contributed by atoms with Crippen LogP contribution in [0.15, 0.2) is 47.4 Å². The van der Waals surface area contributed by atoms with Crippen molar-refractivity contribution in [3.05, 3.63) is 53.6 Å². The van der Waals surface area contributed by atoms with Gasteiger partial charge in [0.25, 0.3) is 10.0 Å². The van der Waals surface area contributed by atoms with Crippen molar-refractivity contribution in [1.82, 2.24) is 0 Å². The third-order valence-electron chi connectivity index (χ3n) is 3.23. The summed E-state index contributed by atoms with van der Waals surface area (Å²) in [6.45, 7) is 3.87. The van der Waals surface area contributed by atoms with E-state index in [1.165, 1.54) is 30.3 Å². The molecule has 2 aromatic carbocycles. The Morgan fingerprint density at radius 2 is 1.79 bits per heavy atom. The van der Waals surface area contributed by atoms with E-state index in [9.17, 15) is 21.6 Å². The van der Waals surface area contributed by atoms with E-state index in [0.717, 1.165) is 12.1 Å². The highest BCUT2D eigenvalue weighted by atomic mass is 32.2. The monoisotopic (exact) mass is 359 g/mol. The Morgan fingerprint density at radius 3 is 2.38 bits per heavy atom. The van der Waals surface area contributed by atoms with Gasteiger partial charge >= 0.3 is 6.18 Å². The van der Waals surface area contributed by atoms with Crippen LogP contribution >= 0.6 is 0 Å². The van der Waals surface area contributed by atoms with E-state index in [1.54, 1.807) is 13.8 Å². The molecule has 0 saturated heterocycles. The topological polar surface area (TPSA) is 55.4 Å². The Morgan fingerprint density at radius 1 is 1.12 bits per heavy atom. The van der Waals surface area contributed by atoms with Crippen molar-refractivity contribution in [2.24, 2.45) is 0 Å². The van der Waals surface area contributed by atoms with Crippen LogP contribution in [-0.4, -0.2) is 15.0 Å². The Bertz CT molecular complexity index is 833. The summed E-state index contributed by atoms with van der Waals surface area (Å²) in [5.74, 6) is 0.521. The van der Waals surface area contributed by atoms with Gasteiger partial charge in [0, 0.05) is 0 Å². The Hall–Kier alpha value is -2.22. The van der Waals surface area contributed by atoms with Crippen molar-refractivity contribution in [3.8, 4) is 5.75 Å². The maximum atomic E-state index is 13.0. The molecule has 0 atom stereocenters. The fourth-order valence-electron chi connectivity index (χ4n) is 2.13. The van der Waals surface area contributed by atoms with Gasteiger partial charge in [0.15, 0.2) is 0 Å². The summed E-state index contributed by atoms with van der Waals surface area (Å²) >= 11 is 0. The van der Waals surface area contributed by atoms with Crippen molar-refractivity contribution in [3.63, 3.8) is 0 Å². The molecule has 0 bridgehead atoms. The van der Waals surface area contributed by atoms with Crippen LogP contribution in [0.1, 0.15) is 18.1 Å². The number of alkyl halides is 3. The molecule has 2 rings (SSSR count). The zero-order chi connectivity index (χ0) is 18.0. The summed E-state index contributed by atoms with van der Waals surface area (Å²) < 4.78 is 71.0. The van der Waals surface area contributed by atoms with Crippen LogP contribution in [0.2, 0.25) is 0 Å². The van der Waals surface area contributed by atoms with E-state index < -0.39 is 27.5 Å².